The Morgan fingerprint density at radius 3 is 2.29 bits per heavy atom. The quantitative estimate of drug-likeness (QED) is 0.718. The smallest absolute Gasteiger partial charge is 0.252 e. The maximum absolute atomic E-state index is 14.0. The molecule has 3 heterocycles. The van der Waals surface area contributed by atoms with Gasteiger partial charge in [0, 0.05) is 23.9 Å². The molecule has 0 radical (unpaired) electrons. The molecular weight excluding hydrogens is 386 g/mol. The monoisotopic (exact) mass is 407 g/mol. The third-order valence-electron chi connectivity index (χ3n) is 6.58. The molecule has 3 aromatic carbocycles. The van der Waals surface area contributed by atoms with Crippen LogP contribution >= 0.6 is 0 Å². The Bertz CT molecular complexity index is 1210. The highest BCUT2D eigenvalue weighted by molar-refractivity contribution is 6.00. The van der Waals surface area contributed by atoms with Gasteiger partial charge in [-0.3, -0.25) is 9.59 Å². The molecule has 1 saturated heterocycles. The molecular formula is C26H21N3O2. The van der Waals surface area contributed by atoms with Crippen LogP contribution in [-0.4, -0.2) is 27.8 Å². The predicted molar refractivity (Wildman–Crippen MR) is 118 cm³/mol. The largest absolute Gasteiger partial charge is 0.362 e. The molecule has 0 aliphatic carbocycles. The normalized spacial score (nSPS) is 25.8. The SMILES string of the molecule is O=C1C(c2ccccc2)N2C(=O)C=CC23c2ccccc2NC3N1Cc1ccccc1. The summed E-state index contributed by atoms with van der Waals surface area (Å²) in [5.74, 6) is -0.210. The van der Waals surface area contributed by atoms with Crippen LogP contribution in [0.15, 0.2) is 97.1 Å². The van der Waals surface area contributed by atoms with Crippen molar-refractivity contribution in [3.8, 4) is 0 Å². The molecule has 5 heteroatoms. The van der Waals surface area contributed by atoms with E-state index < -0.39 is 11.6 Å². The fourth-order valence-electron chi connectivity index (χ4n) is 5.27. The summed E-state index contributed by atoms with van der Waals surface area (Å²) in [5.41, 5.74) is 3.11. The number of benzene rings is 3. The number of amides is 2. The minimum absolute atomic E-state index is 0.0759. The minimum Gasteiger partial charge on any atom is -0.362 e. The average Bonchev–Trinajstić information content (AvgIpc) is 3.33. The zero-order valence-electron chi connectivity index (χ0n) is 16.8. The molecule has 3 aliphatic heterocycles. The lowest BCUT2D eigenvalue weighted by atomic mass is 9.82. The summed E-state index contributed by atoms with van der Waals surface area (Å²) in [6.07, 6.45) is 3.21. The van der Waals surface area contributed by atoms with Crippen LogP contribution in [0.3, 0.4) is 0 Å². The molecule has 152 valence electrons. The second-order valence-electron chi connectivity index (χ2n) is 8.22. The van der Waals surface area contributed by atoms with Crippen LogP contribution in [-0.2, 0) is 21.7 Å². The van der Waals surface area contributed by atoms with Gasteiger partial charge in [-0.25, -0.2) is 0 Å². The Hall–Kier alpha value is -3.86. The summed E-state index contributed by atoms with van der Waals surface area (Å²) < 4.78 is 0. The first-order chi connectivity index (χ1) is 15.2. The van der Waals surface area contributed by atoms with E-state index in [-0.39, 0.29) is 18.0 Å². The van der Waals surface area contributed by atoms with Crippen molar-refractivity contribution in [1.82, 2.24) is 9.80 Å². The van der Waals surface area contributed by atoms with Crippen molar-refractivity contribution in [2.45, 2.75) is 24.3 Å². The van der Waals surface area contributed by atoms with E-state index in [2.05, 4.69) is 11.4 Å². The fourth-order valence-corrected chi connectivity index (χ4v) is 5.27. The molecule has 5 nitrogen and oxygen atoms in total. The molecule has 3 aromatic rings. The summed E-state index contributed by atoms with van der Waals surface area (Å²) in [6.45, 7) is 0.465. The van der Waals surface area contributed by atoms with Crippen molar-refractivity contribution in [2.24, 2.45) is 0 Å². The highest BCUT2D eigenvalue weighted by atomic mass is 16.2. The minimum atomic E-state index is -0.739. The molecule has 0 bridgehead atoms. The molecule has 3 atom stereocenters. The summed E-state index contributed by atoms with van der Waals surface area (Å²) in [4.78, 5) is 30.8. The molecule has 0 aromatic heterocycles. The van der Waals surface area contributed by atoms with Gasteiger partial charge in [0.25, 0.3) is 5.91 Å². The van der Waals surface area contributed by atoms with Crippen LogP contribution in [0.4, 0.5) is 5.69 Å². The third-order valence-corrected chi connectivity index (χ3v) is 6.58. The van der Waals surface area contributed by atoms with Crippen molar-refractivity contribution >= 4 is 17.5 Å². The third kappa shape index (κ3) is 2.43. The van der Waals surface area contributed by atoms with Crippen LogP contribution in [0.25, 0.3) is 0 Å². The average molecular weight is 407 g/mol. The number of carbonyl (C=O) groups is 2. The molecule has 1 spiro atoms. The van der Waals surface area contributed by atoms with Gasteiger partial charge in [0.2, 0.25) is 5.91 Å². The standard InChI is InChI=1S/C26H21N3O2/c30-22-15-16-26-20-13-7-8-14-21(20)27-25(26)28(17-18-9-3-1-4-10-18)24(31)23(29(22)26)19-11-5-2-6-12-19/h1-16,23,25,27H,17H2. The van der Waals surface area contributed by atoms with Gasteiger partial charge in [0.05, 0.1) is 0 Å². The summed E-state index contributed by atoms with van der Waals surface area (Å²) >= 11 is 0. The number of anilines is 1. The van der Waals surface area contributed by atoms with Crippen molar-refractivity contribution < 1.29 is 9.59 Å². The summed E-state index contributed by atoms with van der Waals surface area (Å²) in [7, 11) is 0. The number of rotatable bonds is 3. The lowest BCUT2D eigenvalue weighted by molar-refractivity contribution is -0.163. The number of nitrogens with zero attached hydrogens (tertiary/aromatic N) is 2. The second kappa shape index (κ2) is 6.57. The van der Waals surface area contributed by atoms with Gasteiger partial charge in [-0.2, -0.15) is 0 Å². The van der Waals surface area contributed by atoms with Gasteiger partial charge in [0.15, 0.2) is 0 Å². The molecule has 2 amide bonds. The number of hydrogen-bond donors (Lipinski definition) is 1. The second-order valence-corrected chi connectivity index (χ2v) is 8.22. The van der Waals surface area contributed by atoms with Crippen LogP contribution in [0, 0.1) is 0 Å². The summed E-state index contributed by atoms with van der Waals surface area (Å²) in [6, 6.07) is 26.9. The van der Waals surface area contributed by atoms with Gasteiger partial charge < -0.3 is 15.1 Å². The zero-order valence-corrected chi connectivity index (χ0v) is 16.8. The predicted octanol–water partition coefficient (Wildman–Crippen LogP) is 3.82. The molecule has 6 rings (SSSR count). The molecule has 1 N–H and O–H groups in total. The van der Waals surface area contributed by atoms with E-state index in [0.717, 1.165) is 22.4 Å². The van der Waals surface area contributed by atoms with E-state index >= 15 is 0 Å². The Morgan fingerprint density at radius 2 is 1.52 bits per heavy atom. The van der Waals surface area contributed by atoms with Gasteiger partial charge in [-0.15, -0.1) is 0 Å². The summed E-state index contributed by atoms with van der Waals surface area (Å²) in [5, 5.41) is 3.55. The Labute approximate surface area is 180 Å². The lowest BCUT2D eigenvalue weighted by Gasteiger charge is -2.52. The van der Waals surface area contributed by atoms with Crippen LogP contribution in [0.2, 0.25) is 0 Å². The van der Waals surface area contributed by atoms with Gasteiger partial charge >= 0.3 is 0 Å². The van der Waals surface area contributed by atoms with E-state index in [9.17, 15) is 9.59 Å². The number of fused-ring (bicyclic) bond motifs is 1. The van der Waals surface area contributed by atoms with Crippen LogP contribution in [0.1, 0.15) is 22.7 Å². The molecule has 3 unspecified atom stereocenters. The Kier molecular flexibility index (Phi) is 3.81. The first kappa shape index (κ1) is 18.0. The van der Waals surface area contributed by atoms with E-state index in [4.69, 9.17) is 0 Å². The van der Waals surface area contributed by atoms with Gasteiger partial charge in [-0.1, -0.05) is 78.9 Å². The van der Waals surface area contributed by atoms with E-state index in [0.29, 0.717) is 6.54 Å². The maximum atomic E-state index is 14.0. The van der Waals surface area contributed by atoms with E-state index in [1.54, 1.807) is 11.0 Å². The Balaban J connectivity index is 1.56. The van der Waals surface area contributed by atoms with E-state index in [1.165, 1.54) is 0 Å². The topological polar surface area (TPSA) is 52.7 Å². The number of carbonyl (C=O) groups excluding carboxylic acids is 2. The number of para-hydroxylation sites is 1. The first-order valence-electron chi connectivity index (χ1n) is 10.5. The van der Waals surface area contributed by atoms with Crippen molar-refractivity contribution in [1.29, 1.82) is 0 Å². The lowest BCUT2D eigenvalue weighted by Crippen LogP contribution is -2.67. The van der Waals surface area contributed by atoms with Crippen molar-refractivity contribution in [2.75, 3.05) is 5.32 Å². The van der Waals surface area contributed by atoms with E-state index in [1.807, 2.05) is 89.8 Å². The molecule has 31 heavy (non-hydrogen) atoms. The first-order valence-corrected chi connectivity index (χ1v) is 10.5. The van der Waals surface area contributed by atoms with Crippen molar-refractivity contribution in [3.05, 3.63) is 114 Å². The number of piperazine rings is 1. The highest BCUT2D eigenvalue weighted by Gasteiger charge is 2.63. The van der Waals surface area contributed by atoms with Gasteiger partial charge in [-0.05, 0) is 23.3 Å². The van der Waals surface area contributed by atoms with Gasteiger partial charge in [0.1, 0.15) is 17.7 Å². The van der Waals surface area contributed by atoms with Crippen LogP contribution < -0.4 is 5.32 Å². The molecule has 1 fully saturated rings. The number of nitrogens with one attached hydrogen (secondary N) is 1. The maximum Gasteiger partial charge on any atom is 0.252 e. The van der Waals surface area contributed by atoms with Crippen LogP contribution in [0.5, 0.6) is 0 Å². The van der Waals surface area contributed by atoms with Crippen molar-refractivity contribution in [3.63, 3.8) is 0 Å². The highest BCUT2D eigenvalue weighted by Crippen LogP contribution is 2.54. The Morgan fingerprint density at radius 1 is 0.839 bits per heavy atom. The zero-order chi connectivity index (χ0) is 21.0. The fraction of sp³-hybridized carbons (Fsp3) is 0.154. The molecule has 3 aliphatic rings. The number of hydrogen-bond acceptors (Lipinski definition) is 3. The molecule has 0 saturated carbocycles.